The van der Waals surface area contributed by atoms with Gasteiger partial charge in [-0.25, -0.2) is 8.42 Å². The van der Waals surface area contributed by atoms with Gasteiger partial charge in [0.15, 0.2) is 0 Å². The lowest BCUT2D eigenvalue weighted by molar-refractivity contribution is 0.430. The molecule has 0 bridgehead atoms. The van der Waals surface area contributed by atoms with Gasteiger partial charge in [0.2, 0.25) is 10.0 Å². The molecule has 0 N–H and O–H groups in total. The molecule has 0 amide bonds. The van der Waals surface area contributed by atoms with E-state index in [-0.39, 0.29) is 5.25 Å². The van der Waals surface area contributed by atoms with Crippen LogP contribution in [0.4, 0.5) is 0 Å². The molecule has 18 heavy (non-hydrogen) atoms. The largest absolute Gasteiger partial charge is 0.217 e. The van der Waals surface area contributed by atoms with Crippen molar-refractivity contribution in [1.82, 2.24) is 4.31 Å². The SMILES string of the molecule is CC(C)c1ccc2c(c1)CN(S(=O)(=O)C1CC1)C2. The van der Waals surface area contributed by atoms with Crippen molar-refractivity contribution in [3.05, 3.63) is 34.9 Å². The van der Waals surface area contributed by atoms with E-state index in [9.17, 15) is 8.42 Å². The Balaban J connectivity index is 1.87. The van der Waals surface area contributed by atoms with E-state index in [0.29, 0.717) is 19.0 Å². The van der Waals surface area contributed by atoms with Gasteiger partial charge < -0.3 is 0 Å². The van der Waals surface area contributed by atoms with Crippen LogP contribution in [0.3, 0.4) is 0 Å². The Morgan fingerprint density at radius 2 is 1.83 bits per heavy atom. The maximum atomic E-state index is 12.2. The fourth-order valence-electron chi connectivity index (χ4n) is 2.50. The molecule has 2 aliphatic rings. The first kappa shape index (κ1) is 12.2. The van der Waals surface area contributed by atoms with Crippen molar-refractivity contribution < 1.29 is 8.42 Å². The lowest BCUT2D eigenvalue weighted by Crippen LogP contribution is -2.28. The molecule has 0 radical (unpaired) electrons. The molecule has 0 atom stereocenters. The minimum Gasteiger partial charge on any atom is -0.212 e. The lowest BCUT2D eigenvalue weighted by Gasteiger charge is -2.14. The summed E-state index contributed by atoms with van der Waals surface area (Å²) in [6.07, 6.45) is 1.68. The number of nitrogens with zero attached hydrogens (tertiary/aromatic N) is 1. The van der Waals surface area contributed by atoms with Gasteiger partial charge in [0.25, 0.3) is 0 Å². The van der Waals surface area contributed by atoms with Crippen molar-refractivity contribution in [3.8, 4) is 0 Å². The molecule has 0 saturated heterocycles. The summed E-state index contributed by atoms with van der Waals surface area (Å²) < 4.78 is 26.1. The molecular weight excluding hydrogens is 246 g/mol. The molecule has 4 heteroatoms. The van der Waals surface area contributed by atoms with Gasteiger partial charge in [-0.2, -0.15) is 4.31 Å². The second-order valence-electron chi connectivity index (χ2n) is 5.70. The van der Waals surface area contributed by atoms with E-state index >= 15 is 0 Å². The maximum absolute atomic E-state index is 12.2. The molecule has 1 heterocycles. The number of rotatable bonds is 3. The Morgan fingerprint density at radius 3 is 2.44 bits per heavy atom. The molecule has 1 saturated carbocycles. The first-order valence-corrected chi connectivity index (χ1v) is 8.09. The Kier molecular flexibility index (Phi) is 2.75. The molecule has 3 nitrogen and oxygen atoms in total. The van der Waals surface area contributed by atoms with Gasteiger partial charge in [0.1, 0.15) is 0 Å². The monoisotopic (exact) mass is 265 g/mol. The summed E-state index contributed by atoms with van der Waals surface area (Å²) in [5.41, 5.74) is 3.65. The molecule has 1 aliphatic heterocycles. The summed E-state index contributed by atoms with van der Waals surface area (Å²) in [5.74, 6) is 0.490. The lowest BCUT2D eigenvalue weighted by atomic mass is 9.99. The predicted octanol–water partition coefficient (Wildman–Crippen LogP) is 2.62. The van der Waals surface area contributed by atoms with Gasteiger partial charge in [-0.15, -0.1) is 0 Å². The highest BCUT2D eigenvalue weighted by Gasteiger charge is 2.41. The standard InChI is InChI=1S/C14H19NO2S/c1-10(2)11-3-4-12-8-15(9-13(12)7-11)18(16,17)14-5-6-14/h3-4,7,10,14H,5-6,8-9H2,1-2H3. The van der Waals surface area contributed by atoms with Crippen molar-refractivity contribution in [3.63, 3.8) is 0 Å². The molecule has 1 fully saturated rings. The second kappa shape index (κ2) is 4.07. The molecule has 0 spiro atoms. The van der Waals surface area contributed by atoms with Crippen molar-refractivity contribution in [2.24, 2.45) is 0 Å². The number of benzene rings is 1. The van der Waals surface area contributed by atoms with Crippen LogP contribution < -0.4 is 0 Å². The first-order valence-electron chi connectivity index (χ1n) is 6.59. The Morgan fingerprint density at radius 1 is 1.17 bits per heavy atom. The summed E-state index contributed by atoms with van der Waals surface area (Å²) in [7, 11) is -3.03. The van der Waals surface area contributed by atoms with Crippen LogP contribution in [0.1, 0.15) is 49.3 Å². The zero-order valence-corrected chi connectivity index (χ0v) is 11.7. The van der Waals surface area contributed by atoms with Crippen molar-refractivity contribution in [2.75, 3.05) is 0 Å². The Hall–Kier alpha value is -0.870. The summed E-state index contributed by atoms with van der Waals surface area (Å²) >= 11 is 0. The van der Waals surface area contributed by atoms with E-state index in [2.05, 4.69) is 32.0 Å². The summed E-state index contributed by atoms with van der Waals surface area (Å²) in [6, 6.07) is 6.38. The van der Waals surface area contributed by atoms with Gasteiger partial charge in [-0.3, -0.25) is 0 Å². The van der Waals surface area contributed by atoms with Crippen LogP contribution in [0.5, 0.6) is 0 Å². The van der Waals surface area contributed by atoms with Gasteiger partial charge >= 0.3 is 0 Å². The molecule has 1 aromatic carbocycles. The van der Waals surface area contributed by atoms with Crippen LogP contribution in [0.25, 0.3) is 0 Å². The normalized spacial score (nSPS) is 20.4. The third kappa shape index (κ3) is 1.97. The van der Waals surface area contributed by atoms with E-state index in [1.54, 1.807) is 4.31 Å². The van der Waals surface area contributed by atoms with Crippen molar-refractivity contribution in [1.29, 1.82) is 0 Å². The molecule has 98 valence electrons. The van der Waals surface area contributed by atoms with E-state index in [4.69, 9.17) is 0 Å². The second-order valence-corrected chi connectivity index (χ2v) is 7.91. The fraction of sp³-hybridized carbons (Fsp3) is 0.571. The zero-order chi connectivity index (χ0) is 12.9. The highest BCUT2D eigenvalue weighted by molar-refractivity contribution is 7.90. The number of sulfonamides is 1. The average Bonchev–Trinajstić information content (AvgIpc) is 3.08. The highest BCUT2D eigenvalue weighted by atomic mass is 32.2. The van der Waals surface area contributed by atoms with Gasteiger partial charge in [-0.1, -0.05) is 32.0 Å². The van der Waals surface area contributed by atoms with Crippen LogP contribution >= 0.6 is 0 Å². The van der Waals surface area contributed by atoms with Crippen LogP contribution in [-0.4, -0.2) is 18.0 Å². The Bertz CT molecular complexity index is 573. The molecule has 1 aliphatic carbocycles. The Labute approximate surface area is 109 Å². The summed E-state index contributed by atoms with van der Waals surface area (Å²) in [6.45, 7) is 5.45. The molecule has 3 rings (SSSR count). The van der Waals surface area contributed by atoms with Gasteiger partial charge in [-0.05, 0) is 35.4 Å². The number of fused-ring (bicyclic) bond motifs is 1. The quantitative estimate of drug-likeness (QED) is 0.842. The van der Waals surface area contributed by atoms with Crippen molar-refractivity contribution >= 4 is 10.0 Å². The minimum absolute atomic E-state index is 0.101. The maximum Gasteiger partial charge on any atom is 0.217 e. The molecule has 0 aromatic heterocycles. The van der Waals surface area contributed by atoms with Gasteiger partial charge in [0.05, 0.1) is 5.25 Å². The van der Waals surface area contributed by atoms with E-state index in [1.165, 1.54) is 16.7 Å². The first-order chi connectivity index (χ1) is 8.48. The topological polar surface area (TPSA) is 37.4 Å². The van der Waals surface area contributed by atoms with Crippen LogP contribution in [-0.2, 0) is 23.1 Å². The number of hydrogen-bond acceptors (Lipinski definition) is 2. The third-order valence-electron chi connectivity index (χ3n) is 3.90. The van der Waals surface area contributed by atoms with E-state index in [0.717, 1.165) is 12.8 Å². The number of hydrogen-bond donors (Lipinski definition) is 0. The molecule has 1 aromatic rings. The summed E-state index contributed by atoms with van der Waals surface area (Å²) in [5, 5.41) is -0.101. The van der Waals surface area contributed by atoms with Crippen LogP contribution in [0.2, 0.25) is 0 Å². The zero-order valence-electron chi connectivity index (χ0n) is 10.9. The highest BCUT2D eigenvalue weighted by Crippen LogP contribution is 2.36. The predicted molar refractivity (Wildman–Crippen MR) is 71.7 cm³/mol. The third-order valence-corrected chi connectivity index (χ3v) is 6.19. The molecular formula is C14H19NO2S. The summed E-state index contributed by atoms with van der Waals surface area (Å²) in [4.78, 5) is 0. The van der Waals surface area contributed by atoms with Gasteiger partial charge in [0, 0.05) is 13.1 Å². The minimum atomic E-state index is -3.03. The smallest absolute Gasteiger partial charge is 0.212 e. The van der Waals surface area contributed by atoms with Crippen LogP contribution in [0, 0.1) is 0 Å². The van der Waals surface area contributed by atoms with Crippen LogP contribution in [0.15, 0.2) is 18.2 Å². The van der Waals surface area contributed by atoms with Crippen molar-refractivity contribution in [2.45, 2.75) is 50.9 Å². The average molecular weight is 265 g/mol. The van der Waals surface area contributed by atoms with E-state index in [1.807, 2.05) is 0 Å². The fourth-order valence-corrected chi connectivity index (χ4v) is 4.29. The molecule has 0 unspecified atom stereocenters. The van der Waals surface area contributed by atoms with E-state index < -0.39 is 10.0 Å².